The monoisotopic (exact) mass is 259 g/mol. The lowest BCUT2D eigenvalue weighted by molar-refractivity contribution is 0.175. The van der Waals surface area contributed by atoms with E-state index < -0.39 is 0 Å². The van der Waals surface area contributed by atoms with Gasteiger partial charge in [-0.25, -0.2) is 4.68 Å². The lowest BCUT2D eigenvalue weighted by Crippen LogP contribution is -2.05. The molecule has 0 atom stereocenters. The maximum absolute atomic E-state index is 9.29. The maximum Gasteiger partial charge on any atom is 0.114 e. The normalized spacial score (nSPS) is 13.8. The second kappa shape index (κ2) is 5.11. The van der Waals surface area contributed by atoms with Gasteiger partial charge in [0.1, 0.15) is 5.69 Å². The Morgan fingerprint density at radius 2 is 2.16 bits per heavy atom. The van der Waals surface area contributed by atoms with Crippen LogP contribution in [0.4, 0.5) is 0 Å². The number of aryl methyl sites for hydroxylation is 2. The summed E-state index contributed by atoms with van der Waals surface area (Å²) >= 11 is 0. The zero-order valence-corrected chi connectivity index (χ0v) is 11.0. The third-order valence-electron chi connectivity index (χ3n) is 3.60. The molecule has 0 saturated carbocycles. The molecule has 100 valence electrons. The fourth-order valence-corrected chi connectivity index (χ4v) is 2.63. The summed E-state index contributed by atoms with van der Waals surface area (Å²) in [6, 6.07) is 6.38. The molecular weight excluding hydrogens is 242 g/mol. The number of hydrogen-bond acceptors (Lipinski definition) is 4. The summed E-state index contributed by atoms with van der Waals surface area (Å²) in [7, 11) is 1.63. The second-order valence-electron chi connectivity index (χ2n) is 4.79. The van der Waals surface area contributed by atoms with Crippen LogP contribution in [0.3, 0.4) is 0 Å². The average Bonchev–Trinajstić information content (AvgIpc) is 3.04. The van der Waals surface area contributed by atoms with Crippen molar-refractivity contribution < 1.29 is 9.84 Å². The van der Waals surface area contributed by atoms with E-state index >= 15 is 0 Å². The van der Waals surface area contributed by atoms with Gasteiger partial charge in [-0.1, -0.05) is 11.3 Å². The molecule has 0 amide bonds. The van der Waals surface area contributed by atoms with Crippen LogP contribution in [0.25, 0.3) is 5.69 Å². The fraction of sp³-hybridized carbons (Fsp3) is 0.429. The van der Waals surface area contributed by atoms with Gasteiger partial charge in [0.15, 0.2) is 0 Å². The molecule has 0 saturated heterocycles. The Hall–Kier alpha value is -1.72. The number of aliphatic hydroxyl groups excluding tert-OH is 1. The van der Waals surface area contributed by atoms with Gasteiger partial charge in [0.05, 0.1) is 24.6 Å². The van der Waals surface area contributed by atoms with Gasteiger partial charge in [-0.05, 0) is 42.5 Å². The highest BCUT2D eigenvalue weighted by Gasteiger charge is 2.16. The molecule has 1 aliphatic rings. The first-order valence-electron chi connectivity index (χ1n) is 6.49. The molecule has 0 radical (unpaired) electrons. The summed E-state index contributed by atoms with van der Waals surface area (Å²) in [5.41, 5.74) is 5.19. The SMILES string of the molecule is COCc1c(CO)nnn1-c1ccc2c(c1)CCC2. The van der Waals surface area contributed by atoms with Gasteiger partial charge >= 0.3 is 0 Å². The lowest BCUT2D eigenvalue weighted by atomic mass is 10.1. The van der Waals surface area contributed by atoms with E-state index in [1.165, 1.54) is 24.0 Å². The quantitative estimate of drug-likeness (QED) is 0.901. The zero-order chi connectivity index (χ0) is 13.2. The number of aliphatic hydroxyl groups is 1. The summed E-state index contributed by atoms with van der Waals surface area (Å²) in [6.07, 6.45) is 3.52. The number of benzene rings is 1. The van der Waals surface area contributed by atoms with Crippen LogP contribution in [0, 0.1) is 0 Å². The molecule has 1 heterocycles. The van der Waals surface area contributed by atoms with Gasteiger partial charge in [0.2, 0.25) is 0 Å². The van der Waals surface area contributed by atoms with E-state index in [0.29, 0.717) is 12.3 Å². The Morgan fingerprint density at radius 1 is 1.32 bits per heavy atom. The standard InChI is InChI=1S/C14H17N3O2/c1-19-9-14-13(8-18)15-16-17(14)12-6-5-10-3-2-4-11(10)7-12/h5-7,18H,2-4,8-9H2,1H3. The molecule has 1 aromatic heterocycles. The number of fused-ring (bicyclic) bond motifs is 1. The maximum atomic E-state index is 9.29. The van der Waals surface area contributed by atoms with Crippen molar-refractivity contribution in [2.24, 2.45) is 0 Å². The van der Waals surface area contributed by atoms with E-state index in [2.05, 4.69) is 28.5 Å². The van der Waals surface area contributed by atoms with E-state index in [-0.39, 0.29) is 6.61 Å². The number of aromatic nitrogens is 3. The molecule has 0 bridgehead atoms. The molecule has 3 rings (SSSR count). The molecule has 0 spiro atoms. The zero-order valence-electron chi connectivity index (χ0n) is 11.0. The topological polar surface area (TPSA) is 60.2 Å². The smallest absolute Gasteiger partial charge is 0.114 e. The summed E-state index contributed by atoms with van der Waals surface area (Å²) in [5.74, 6) is 0. The van der Waals surface area contributed by atoms with Crippen molar-refractivity contribution in [2.45, 2.75) is 32.5 Å². The van der Waals surface area contributed by atoms with Crippen molar-refractivity contribution in [2.75, 3.05) is 7.11 Å². The highest BCUT2D eigenvalue weighted by molar-refractivity contribution is 5.43. The molecule has 0 unspecified atom stereocenters. The van der Waals surface area contributed by atoms with E-state index in [1.807, 2.05) is 0 Å². The molecule has 1 aromatic carbocycles. The van der Waals surface area contributed by atoms with Crippen LogP contribution >= 0.6 is 0 Å². The summed E-state index contributed by atoms with van der Waals surface area (Å²) in [5, 5.41) is 17.4. The number of ether oxygens (including phenoxy) is 1. The Balaban J connectivity index is 2.04. The largest absolute Gasteiger partial charge is 0.390 e. The van der Waals surface area contributed by atoms with Crippen molar-refractivity contribution >= 4 is 0 Å². The van der Waals surface area contributed by atoms with Crippen LogP contribution in [0.15, 0.2) is 18.2 Å². The molecule has 5 heteroatoms. The first-order valence-corrected chi connectivity index (χ1v) is 6.49. The van der Waals surface area contributed by atoms with Crippen LogP contribution in [-0.4, -0.2) is 27.2 Å². The Kier molecular flexibility index (Phi) is 3.31. The van der Waals surface area contributed by atoms with Crippen molar-refractivity contribution in [3.8, 4) is 5.69 Å². The summed E-state index contributed by atoms with van der Waals surface area (Å²) in [4.78, 5) is 0. The van der Waals surface area contributed by atoms with Gasteiger partial charge in [0.25, 0.3) is 0 Å². The van der Waals surface area contributed by atoms with Crippen LogP contribution in [0.5, 0.6) is 0 Å². The van der Waals surface area contributed by atoms with Crippen molar-refractivity contribution in [3.05, 3.63) is 40.7 Å². The molecule has 0 aliphatic heterocycles. The lowest BCUT2D eigenvalue weighted by Gasteiger charge is -2.08. The molecule has 1 aliphatic carbocycles. The average molecular weight is 259 g/mol. The number of nitrogens with zero attached hydrogens (tertiary/aromatic N) is 3. The fourth-order valence-electron chi connectivity index (χ4n) is 2.63. The summed E-state index contributed by atoms with van der Waals surface area (Å²) in [6.45, 7) is 0.267. The minimum Gasteiger partial charge on any atom is -0.390 e. The van der Waals surface area contributed by atoms with Crippen molar-refractivity contribution in [3.63, 3.8) is 0 Å². The third-order valence-corrected chi connectivity index (χ3v) is 3.60. The van der Waals surface area contributed by atoms with Gasteiger partial charge in [-0.2, -0.15) is 0 Å². The van der Waals surface area contributed by atoms with Gasteiger partial charge in [-0.15, -0.1) is 5.10 Å². The molecular formula is C14H17N3O2. The highest BCUT2D eigenvalue weighted by atomic mass is 16.5. The number of rotatable bonds is 4. The minimum absolute atomic E-state index is 0.121. The highest BCUT2D eigenvalue weighted by Crippen LogP contribution is 2.25. The van der Waals surface area contributed by atoms with Crippen molar-refractivity contribution in [1.82, 2.24) is 15.0 Å². The first kappa shape index (κ1) is 12.3. The van der Waals surface area contributed by atoms with Gasteiger partial charge in [-0.3, -0.25) is 0 Å². The van der Waals surface area contributed by atoms with Crippen LogP contribution in [0.2, 0.25) is 0 Å². The Labute approximate surface area is 111 Å². The predicted octanol–water partition coefficient (Wildman–Crippen LogP) is 1.39. The molecule has 19 heavy (non-hydrogen) atoms. The third kappa shape index (κ3) is 2.15. The van der Waals surface area contributed by atoms with E-state index in [0.717, 1.165) is 17.8 Å². The predicted molar refractivity (Wildman–Crippen MR) is 70.0 cm³/mol. The van der Waals surface area contributed by atoms with Crippen LogP contribution in [0.1, 0.15) is 28.9 Å². The first-order chi connectivity index (χ1) is 9.33. The molecule has 2 aromatic rings. The molecule has 5 nitrogen and oxygen atoms in total. The van der Waals surface area contributed by atoms with Crippen LogP contribution < -0.4 is 0 Å². The number of methoxy groups -OCH3 is 1. The van der Waals surface area contributed by atoms with E-state index in [9.17, 15) is 5.11 Å². The van der Waals surface area contributed by atoms with E-state index in [1.54, 1.807) is 11.8 Å². The van der Waals surface area contributed by atoms with Gasteiger partial charge in [0, 0.05) is 7.11 Å². The van der Waals surface area contributed by atoms with Gasteiger partial charge < -0.3 is 9.84 Å². The second-order valence-corrected chi connectivity index (χ2v) is 4.79. The van der Waals surface area contributed by atoms with Crippen LogP contribution in [-0.2, 0) is 30.8 Å². The minimum atomic E-state index is -0.121. The Bertz CT molecular complexity index is 592. The number of hydrogen-bond donors (Lipinski definition) is 1. The summed E-state index contributed by atoms with van der Waals surface area (Å²) < 4.78 is 6.93. The Morgan fingerprint density at radius 3 is 2.95 bits per heavy atom. The molecule has 0 fully saturated rings. The molecule has 1 N–H and O–H groups in total. The van der Waals surface area contributed by atoms with Crippen molar-refractivity contribution in [1.29, 1.82) is 0 Å². The van der Waals surface area contributed by atoms with E-state index in [4.69, 9.17) is 4.74 Å².